The molecule has 2 atom stereocenters. The predicted molar refractivity (Wildman–Crippen MR) is 57.8 cm³/mol. The quantitative estimate of drug-likeness (QED) is 0.862. The first-order valence-corrected chi connectivity index (χ1v) is 5.08. The van der Waals surface area contributed by atoms with E-state index in [1.54, 1.807) is 13.0 Å². The van der Waals surface area contributed by atoms with Crippen molar-refractivity contribution in [2.75, 3.05) is 0 Å². The second-order valence-corrected chi connectivity index (χ2v) is 4.20. The van der Waals surface area contributed by atoms with Gasteiger partial charge < -0.3 is 10.8 Å². The lowest BCUT2D eigenvalue weighted by molar-refractivity contribution is 0.164. The molecule has 1 aromatic carbocycles. The fraction of sp³-hybridized carbons (Fsp3) is 0.333. The zero-order valence-electron chi connectivity index (χ0n) is 7.17. The molecule has 0 radical (unpaired) electrons. The van der Waals surface area contributed by atoms with Gasteiger partial charge in [-0.15, -0.1) is 0 Å². The molecule has 72 valence electrons. The van der Waals surface area contributed by atoms with Crippen molar-refractivity contribution in [3.05, 3.63) is 33.3 Å². The van der Waals surface area contributed by atoms with Gasteiger partial charge in [-0.3, -0.25) is 0 Å². The average Bonchev–Trinajstić information content (AvgIpc) is 2.08. The predicted octanol–water partition coefficient (Wildman–Crippen LogP) is 2.48. The maximum Gasteiger partial charge on any atom is 0.0704 e. The number of aliphatic hydroxyl groups excluding tert-OH is 1. The Hall–Kier alpha value is -0.0900. The molecule has 0 bridgehead atoms. The van der Waals surface area contributed by atoms with Crippen LogP contribution in [0.15, 0.2) is 22.7 Å². The van der Waals surface area contributed by atoms with Crippen molar-refractivity contribution in [2.24, 2.45) is 5.73 Å². The number of benzene rings is 1. The summed E-state index contributed by atoms with van der Waals surface area (Å²) in [6.07, 6.45) is -0.562. The summed E-state index contributed by atoms with van der Waals surface area (Å²) in [6, 6.07) is 5.02. The lowest BCUT2D eigenvalue weighted by Gasteiger charge is -2.15. The Balaban J connectivity index is 2.97. The van der Waals surface area contributed by atoms with E-state index in [2.05, 4.69) is 15.9 Å². The van der Waals surface area contributed by atoms with Crippen LogP contribution in [0.3, 0.4) is 0 Å². The number of hydrogen-bond acceptors (Lipinski definition) is 2. The van der Waals surface area contributed by atoms with Crippen LogP contribution in [-0.2, 0) is 0 Å². The van der Waals surface area contributed by atoms with Crippen LogP contribution in [0.2, 0.25) is 5.02 Å². The van der Waals surface area contributed by atoms with Gasteiger partial charge >= 0.3 is 0 Å². The highest BCUT2D eigenvalue weighted by Gasteiger charge is 2.12. The lowest BCUT2D eigenvalue weighted by Crippen LogP contribution is -2.23. The molecule has 0 saturated heterocycles. The number of rotatable bonds is 2. The van der Waals surface area contributed by atoms with E-state index in [0.717, 1.165) is 10.0 Å². The van der Waals surface area contributed by atoms with Crippen LogP contribution < -0.4 is 5.73 Å². The fourth-order valence-electron chi connectivity index (χ4n) is 0.998. The van der Waals surface area contributed by atoms with Gasteiger partial charge in [-0.2, -0.15) is 0 Å². The van der Waals surface area contributed by atoms with E-state index in [0.29, 0.717) is 5.02 Å². The van der Waals surface area contributed by atoms with E-state index in [9.17, 15) is 5.11 Å². The highest BCUT2D eigenvalue weighted by Crippen LogP contribution is 2.26. The van der Waals surface area contributed by atoms with Crippen molar-refractivity contribution in [3.63, 3.8) is 0 Å². The largest absolute Gasteiger partial charge is 0.391 e. The molecule has 1 rings (SSSR count). The molecular formula is C9H11BrClNO. The first-order valence-electron chi connectivity index (χ1n) is 3.91. The molecule has 0 unspecified atom stereocenters. The third kappa shape index (κ3) is 2.68. The maximum atomic E-state index is 9.26. The van der Waals surface area contributed by atoms with Crippen LogP contribution >= 0.6 is 27.5 Å². The third-order valence-electron chi connectivity index (χ3n) is 1.85. The van der Waals surface area contributed by atoms with Gasteiger partial charge in [0.15, 0.2) is 0 Å². The molecule has 13 heavy (non-hydrogen) atoms. The summed E-state index contributed by atoms with van der Waals surface area (Å²) < 4.78 is 0.794. The minimum absolute atomic E-state index is 0.367. The Labute approximate surface area is 90.8 Å². The van der Waals surface area contributed by atoms with Gasteiger partial charge in [0, 0.05) is 4.47 Å². The van der Waals surface area contributed by atoms with Crippen molar-refractivity contribution in [2.45, 2.75) is 19.1 Å². The highest BCUT2D eigenvalue weighted by molar-refractivity contribution is 9.10. The molecule has 0 heterocycles. The smallest absolute Gasteiger partial charge is 0.0704 e. The normalized spacial score (nSPS) is 15.5. The molecule has 0 fully saturated rings. The van der Waals surface area contributed by atoms with Crippen molar-refractivity contribution in [1.82, 2.24) is 0 Å². The Morgan fingerprint density at radius 1 is 1.54 bits per heavy atom. The minimum Gasteiger partial charge on any atom is -0.391 e. The first kappa shape index (κ1) is 11.0. The summed E-state index contributed by atoms with van der Waals surface area (Å²) in [6.45, 7) is 1.66. The topological polar surface area (TPSA) is 46.2 Å². The fourth-order valence-corrected chi connectivity index (χ4v) is 1.51. The van der Waals surface area contributed by atoms with E-state index >= 15 is 0 Å². The molecule has 1 aromatic rings. The van der Waals surface area contributed by atoms with Crippen LogP contribution in [0.25, 0.3) is 0 Å². The van der Waals surface area contributed by atoms with Crippen LogP contribution in [0.4, 0.5) is 0 Å². The van der Waals surface area contributed by atoms with Gasteiger partial charge in [0.2, 0.25) is 0 Å². The Morgan fingerprint density at radius 3 is 2.62 bits per heavy atom. The Morgan fingerprint density at radius 2 is 2.15 bits per heavy atom. The van der Waals surface area contributed by atoms with Gasteiger partial charge in [-0.05, 0) is 40.5 Å². The van der Waals surface area contributed by atoms with E-state index in [1.807, 2.05) is 12.1 Å². The third-order valence-corrected chi connectivity index (χ3v) is 3.06. The van der Waals surface area contributed by atoms with E-state index in [1.165, 1.54) is 0 Å². The highest BCUT2D eigenvalue weighted by atomic mass is 79.9. The maximum absolute atomic E-state index is 9.26. The minimum atomic E-state index is -0.562. The van der Waals surface area contributed by atoms with Crippen LogP contribution in [0.5, 0.6) is 0 Å². The Bertz CT molecular complexity index is 304. The molecule has 0 spiro atoms. The number of nitrogens with two attached hydrogens (primary N) is 1. The van der Waals surface area contributed by atoms with Crippen LogP contribution in [0, 0.1) is 0 Å². The monoisotopic (exact) mass is 263 g/mol. The molecule has 0 aliphatic heterocycles. The van der Waals surface area contributed by atoms with Gasteiger partial charge in [-0.1, -0.05) is 17.7 Å². The summed E-state index contributed by atoms with van der Waals surface area (Å²) in [4.78, 5) is 0. The molecule has 0 amide bonds. The number of aliphatic hydroxyl groups is 1. The van der Waals surface area contributed by atoms with Crippen LogP contribution in [0.1, 0.15) is 18.5 Å². The van der Waals surface area contributed by atoms with Crippen molar-refractivity contribution in [3.8, 4) is 0 Å². The molecule has 0 aromatic heterocycles. The molecule has 0 aliphatic rings. The van der Waals surface area contributed by atoms with E-state index in [4.69, 9.17) is 17.3 Å². The van der Waals surface area contributed by atoms with Gasteiger partial charge in [0.25, 0.3) is 0 Å². The van der Waals surface area contributed by atoms with Gasteiger partial charge in [0.05, 0.1) is 17.2 Å². The molecule has 2 nitrogen and oxygen atoms in total. The Kier molecular flexibility index (Phi) is 3.74. The lowest BCUT2D eigenvalue weighted by atomic mass is 10.0. The van der Waals surface area contributed by atoms with Crippen molar-refractivity contribution >= 4 is 27.5 Å². The number of hydrogen-bond donors (Lipinski definition) is 2. The summed E-state index contributed by atoms with van der Waals surface area (Å²) >= 11 is 9.11. The summed E-state index contributed by atoms with van der Waals surface area (Å²) in [5, 5.41) is 9.90. The summed E-state index contributed by atoms with van der Waals surface area (Å²) in [5.74, 6) is 0. The molecule has 0 aliphatic carbocycles. The molecule has 4 heteroatoms. The second kappa shape index (κ2) is 4.42. The van der Waals surface area contributed by atoms with Crippen LogP contribution in [-0.4, -0.2) is 11.2 Å². The zero-order chi connectivity index (χ0) is 10.0. The standard InChI is InChI=1S/C9H11BrClNO/c1-5(13)9(12)6-2-3-8(11)7(10)4-6/h2-5,9,13H,12H2,1H3/t5-,9+/m0/s1. The molecule has 3 N–H and O–H groups in total. The SMILES string of the molecule is C[C@H](O)[C@@H](N)c1ccc(Cl)c(Br)c1. The summed E-state index contributed by atoms with van der Waals surface area (Å²) in [5.41, 5.74) is 6.61. The van der Waals surface area contributed by atoms with E-state index in [-0.39, 0.29) is 6.04 Å². The second-order valence-electron chi connectivity index (χ2n) is 2.94. The van der Waals surface area contributed by atoms with Crippen molar-refractivity contribution < 1.29 is 5.11 Å². The molecular weight excluding hydrogens is 253 g/mol. The van der Waals surface area contributed by atoms with Crippen molar-refractivity contribution in [1.29, 1.82) is 0 Å². The zero-order valence-corrected chi connectivity index (χ0v) is 9.51. The van der Waals surface area contributed by atoms with E-state index < -0.39 is 6.10 Å². The number of halogens is 2. The summed E-state index contributed by atoms with van der Waals surface area (Å²) in [7, 11) is 0. The molecule has 0 saturated carbocycles. The van der Waals surface area contributed by atoms with Gasteiger partial charge in [-0.25, -0.2) is 0 Å². The van der Waals surface area contributed by atoms with Gasteiger partial charge in [0.1, 0.15) is 0 Å². The average molecular weight is 265 g/mol. The first-order chi connectivity index (χ1) is 6.02.